The van der Waals surface area contributed by atoms with Gasteiger partial charge in [-0.05, 0) is 51.0 Å². The van der Waals surface area contributed by atoms with Crippen LogP contribution in [0, 0.1) is 6.92 Å². The molecular weight excluding hydrogens is 458 g/mol. The minimum atomic E-state index is -0.701. The molecule has 3 rings (SSSR count). The number of carbonyl (C=O) groups is 2. The fraction of sp³-hybridized carbons (Fsp3) is 0.280. The highest BCUT2D eigenvalue weighted by Crippen LogP contribution is 2.33. The second-order valence-corrected chi connectivity index (χ2v) is 9.05. The predicted molar refractivity (Wildman–Crippen MR) is 129 cm³/mol. The largest absolute Gasteiger partial charge is 0.506 e. The maximum Gasteiger partial charge on any atom is 0.417 e. The number of phenolic OH excluding ortho intramolecular Hbond substituents is 1. The van der Waals surface area contributed by atoms with Gasteiger partial charge in [-0.15, -0.1) is 0 Å². The molecule has 0 aliphatic heterocycles. The Balaban J connectivity index is 1.97. The van der Waals surface area contributed by atoms with E-state index in [2.05, 4.69) is 9.97 Å². The summed E-state index contributed by atoms with van der Waals surface area (Å²) in [5.74, 6) is -0.821. The van der Waals surface area contributed by atoms with E-state index in [0.29, 0.717) is 11.1 Å². The fourth-order valence-corrected chi connectivity index (χ4v) is 3.36. The van der Waals surface area contributed by atoms with Crippen LogP contribution in [-0.2, 0) is 16.0 Å². The van der Waals surface area contributed by atoms with E-state index in [1.165, 1.54) is 36.5 Å². The van der Waals surface area contributed by atoms with Gasteiger partial charge in [0.25, 0.3) is 0 Å². The van der Waals surface area contributed by atoms with E-state index in [1.54, 1.807) is 20.8 Å². The van der Waals surface area contributed by atoms with Gasteiger partial charge in [-0.1, -0.05) is 41.4 Å². The number of hydrogen-bond donors (Lipinski definition) is 1. The molecule has 34 heavy (non-hydrogen) atoms. The number of carbonyl (C=O) groups excluding carboxylic acids is 2. The summed E-state index contributed by atoms with van der Waals surface area (Å²) in [6.45, 7) is 7.53. The number of nitrogens with zero attached hydrogens (tertiary/aromatic N) is 3. The zero-order valence-electron chi connectivity index (χ0n) is 19.6. The number of rotatable bonds is 5. The molecule has 3 aromatic rings. The molecule has 0 saturated carbocycles. The Hall–Kier alpha value is -3.65. The lowest BCUT2D eigenvalue weighted by Crippen LogP contribution is -2.37. The summed E-state index contributed by atoms with van der Waals surface area (Å²) in [5.41, 5.74) is 2.22. The molecule has 178 valence electrons. The number of esters is 1. The first-order chi connectivity index (χ1) is 16.0. The van der Waals surface area contributed by atoms with Gasteiger partial charge in [0.15, 0.2) is 0 Å². The number of anilines is 1. The van der Waals surface area contributed by atoms with E-state index >= 15 is 0 Å². The molecule has 0 radical (unpaired) electrons. The number of methoxy groups -OCH3 is 1. The van der Waals surface area contributed by atoms with Crippen LogP contribution in [-0.4, -0.2) is 39.8 Å². The third kappa shape index (κ3) is 6.02. The molecule has 0 fully saturated rings. The van der Waals surface area contributed by atoms with Crippen LogP contribution in [0.1, 0.15) is 42.3 Å². The highest BCUT2D eigenvalue weighted by Gasteiger charge is 2.26. The molecule has 1 N–H and O–H groups in total. The van der Waals surface area contributed by atoms with E-state index in [4.69, 9.17) is 21.1 Å². The van der Waals surface area contributed by atoms with Gasteiger partial charge in [0.05, 0.1) is 24.2 Å². The van der Waals surface area contributed by atoms with Crippen molar-refractivity contribution in [2.75, 3.05) is 12.0 Å². The molecule has 1 amide bonds. The lowest BCUT2D eigenvalue weighted by atomic mass is 10.0. The van der Waals surface area contributed by atoms with Crippen molar-refractivity contribution in [2.24, 2.45) is 0 Å². The summed E-state index contributed by atoms with van der Waals surface area (Å²) in [6.07, 6.45) is 2.39. The van der Waals surface area contributed by atoms with Crippen molar-refractivity contribution in [2.45, 2.75) is 39.8 Å². The summed E-state index contributed by atoms with van der Waals surface area (Å²) in [7, 11) is 1.22. The van der Waals surface area contributed by atoms with Crippen LogP contribution in [0.25, 0.3) is 11.1 Å². The number of ether oxygens (including phenoxy) is 2. The number of aromatic nitrogens is 2. The maximum atomic E-state index is 13.0. The van der Waals surface area contributed by atoms with Gasteiger partial charge in [0.1, 0.15) is 11.4 Å². The van der Waals surface area contributed by atoms with Gasteiger partial charge in [0.2, 0.25) is 5.95 Å². The van der Waals surface area contributed by atoms with E-state index in [1.807, 2.05) is 31.2 Å². The zero-order chi connectivity index (χ0) is 25.0. The number of benzene rings is 2. The van der Waals surface area contributed by atoms with Gasteiger partial charge in [-0.2, -0.15) is 0 Å². The van der Waals surface area contributed by atoms with Crippen LogP contribution in [0.4, 0.5) is 10.7 Å². The van der Waals surface area contributed by atoms with Crippen molar-refractivity contribution in [1.82, 2.24) is 9.97 Å². The quantitative estimate of drug-likeness (QED) is 0.475. The van der Waals surface area contributed by atoms with Gasteiger partial charge >= 0.3 is 12.1 Å². The highest BCUT2D eigenvalue weighted by atomic mass is 35.5. The standard InChI is InChI=1S/C25H26ClN3O5/c1-15-7-6-8-16(9-15)14-29(24(32)34-25(2,3)4)23-27-12-18(13-28-23)17-10-19(22(31)33-5)21(26)20(30)11-17/h6-13,30H,14H2,1-5H3. The summed E-state index contributed by atoms with van der Waals surface area (Å²) in [6, 6.07) is 10.6. The molecule has 0 unspecified atom stereocenters. The molecule has 1 aromatic heterocycles. The van der Waals surface area contributed by atoms with Gasteiger partial charge in [-0.25, -0.2) is 24.5 Å². The highest BCUT2D eigenvalue weighted by molar-refractivity contribution is 6.35. The molecule has 9 heteroatoms. The van der Waals surface area contributed by atoms with Crippen molar-refractivity contribution >= 4 is 29.6 Å². The van der Waals surface area contributed by atoms with Crippen molar-refractivity contribution < 1.29 is 24.2 Å². The molecule has 0 aliphatic rings. The van der Waals surface area contributed by atoms with Gasteiger partial charge < -0.3 is 14.6 Å². The van der Waals surface area contributed by atoms with Crippen molar-refractivity contribution in [3.05, 3.63) is 70.5 Å². The Morgan fingerprint density at radius 1 is 1.09 bits per heavy atom. The Bertz CT molecular complexity index is 1210. The Morgan fingerprint density at radius 3 is 2.35 bits per heavy atom. The third-order valence-corrected chi connectivity index (χ3v) is 5.11. The monoisotopic (exact) mass is 483 g/mol. The smallest absolute Gasteiger partial charge is 0.417 e. The molecule has 0 spiro atoms. The maximum absolute atomic E-state index is 13.0. The topological polar surface area (TPSA) is 102 Å². The van der Waals surface area contributed by atoms with E-state index in [0.717, 1.165) is 11.1 Å². The third-order valence-electron chi connectivity index (χ3n) is 4.71. The summed E-state index contributed by atoms with van der Waals surface area (Å²) in [5, 5.41) is 10.0. The van der Waals surface area contributed by atoms with Crippen LogP contribution >= 0.6 is 11.6 Å². The van der Waals surface area contributed by atoms with Crippen LogP contribution in [0.5, 0.6) is 5.75 Å². The van der Waals surface area contributed by atoms with E-state index in [9.17, 15) is 14.7 Å². The second-order valence-electron chi connectivity index (χ2n) is 8.68. The SMILES string of the molecule is COC(=O)c1cc(-c2cnc(N(Cc3cccc(C)c3)C(=O)OC(C)(C)C)nc2)cc(O)c1Cl. The van der Waals surface area contributed by atoms with Crippen LogP contribution < -0.4 is 4.90 Å². The molecular formula is C25H26ClN3O5. The molecule has 0 saturated heterocycles. The van der Waals surface area contributed by atoms with Crippen LogP contribution in [0.2, 0.25) is 5.02 Å². The first kappa shape index (κ1) is 25.0. The minimum absolute atomic E-state index is 0.0121. The number of aromatic hydroxyl groups is 1. The predicted octanol–water partition coefficient (Wildman–Crippen LogP) is 5.54. The number of aryl methyl sites for hydroxylation is 1. The minimum Gasteiger partial charge on any atom is -0.506 e. The number of halogens is 1. The first-order valence-corrected chi connectivity index (χ1v) is 10.9. The zero-order valence-corrected chi connectivity index (χ0v) is 20.4. The number of hydrogen-bond acceptors (Lipinski definition) is 7. The Kier molecular flexibility index (Phi) is 7.41. The fourth-order valence-electron chi connectivity index (χ4n) is 3.17. The first-order valence-electron chi connectivity index (χ1n) is 10.5. The number of amides is 1. The Morgan fingerprint density at radius 2 is 1.76 bits per heavy atom. The molecule has 0 aliphatic carbocycles. The van der Waals surface area contributed by atoms with E-state index in [-0.39, 0.29) is 28.8 Å². The Labute approximate surface area is 203 Å². The average Bonchev–Trinajstić information content (AvgIpc) is 2.77. The lowest BCUT2D eigenvalue weighted by Gasteiger charge is -2.26. The number of phenols is 1. The summed E-state index contributed by atoms with van der Waals surface area (Å²) in [4.78, 5) is 35.0. The van der Waals surface area contributed by atoms with Crippen molar-refractivity contribution in [3.63, 3.8) is 0 Å². The summed E-state index contributed by atoms with van der Waals surface area (Å²) >= 11 is 6.03. The van der Waals surface area contributed by atoms with E-state index < -0.39 is 17.7 Å². The summed E-state index contributed by atoms with van der Waals surface area (Å²) < 4.78 is 10.3. The van der Waals surface area contributed by atoms with Gasteiger partial charge in [-0.3, -0.25) is 0 Å². The van der Waals surface area contributed by atoms with Crippen molar-refractivity contribution in [1.29, 1.82) is 0 Å². The molecule has 1 heterocycles. The average molecular weight is 484 g/mol. The normalized spacial score (nSPS) is 11.1. The second kappa shape index (κ2) is 10.1. The van der Waals surface area contributed by atoms with Gasteiger partial charge in [0, 0.05) is 18.0 Å². The lowest BCUT2D eigenvalue weighted by molar-refractivity contribution is 0.0571. The molecule has 2 aromatic carbocycles. The van der Waals surface area contributed by atoms with Crippen LogP contribution in [0.15, 0.2) is 48.8 Å². The van der Waals surface area contributed by atoms with Crippen molar-refractivity contribution in [3.8, 4) is 16.9 Å². The molecule has 0 bridgehead atoms. The molecule has 8 nitrogen and oxygen atoms in total. The van der Waals surface area contributed by atoms with Crippen LogP contribution in [0.3, 0.4) is 0 Å². The molecule has 0 atom stereocenters.